The Labute approximate surface area is 140 Å². The number of carbonyl (C=O) groups is 1. The third kappa shape index (κ3) is 3.60. The van der Waals surface area contributed by atoms with Crippen LogP contribution in [0.1, 0.15) is 21.5 Å². The molecule has 0 bridgehead atoms. The Morgan fingerprint density at radius 1 is 1.25 bits per heavy atom. The standard InChI is InChI=1S/C18H18N4O2/c1-13-6-3-4-8-16(13)24-18-14(7-5-9-19-18)10-20-17(23)15-11-21-22(2)12-15/h3-9,11-12H,10H2,1-2H3,(H,20,23). The van der Waals surface area contributed by atoms with Crippen molar-refractivity contribution in [3.63, 3.8) is 0 Å². The van der Waals surface area contributed by atoms with Gasteiger partial charge in [0, 0.05) is 31.5 Å². The second-order valence-corrected chi connectivity index (χ2v) is 5.42. The number of hydrogen-bond acceptors (Lipinski definition) is 4. The van der Waals surface area contributed by atoms with Crippen molar-refractivity contribution in [3.8, 4) is 11.6 Å². The van der Waals surface area contributed by atoms with Gasteiger partial charge in [0.15, 0.2) is 0 Å². The number of benzene rings is 1. The van der Waals surface area contributed by atoms with Crippen molar-refractivity contribution in [3.05, 3.63) is 71.7 Å². The quantitative estimate of drug-likeness (QED) is 0.784. The zero-order chi connectivity index (χ0) is 16.9. The van der Waals surface area contributed by atoms with Crippen LogP contribution in [0, 0.1) is 6.92 Å². The molecule has 0 aliphatic rings. The molecule has 2 heterocycles. The molecule has 6 heteroatoms. The highest BCUT2D eigenvalue weighted by Gasteiger charge is 2.11. The van der Waals surface area contributed by atoms with Crippen molar-refractivity contribution < 1.29 is 9.53 Å². The maximum Gasteiger partial charge on any atom is 0.254 e. The zero-order valence-electron chi connectivity index (χ0n) is 13.6. The van der Waals surface area contributed by atoms with Gasteiger partial charge in [-0.25, -0.2) is 4.98 Å². The van der Waals surface area contributed by atoms with Crippen molar-refractivity contribution in [2.24, 2.45) is 7.05 Å². The van der Waals surface area contributed by atoms with E-state index in [1.807, 2.05) is 43.3 Å². The highest BCUT2D eigenvalue weighted by atomic mass is 16.5. The van der Waals surface area contributed by atoms with Crippen LogP contribution in [0.25, 0.3) is 0 Å². The van der Waals surface area contributed by atoms with Crippen molar-refractivity contribution in [2.45, 2.75) is 13.5 Å². The highest BCUT2D eigenvalue weighted by Crippen LogP contribution is 2.25. The van der Waals surface area contributed by atoms with Crippen LogP contribution < -0.4 is 10.1 Å². The maximum atomic E-state index is 12.1. The first-order valence-electron chi connectivity index (χ1n) is 7.57. The number of carbonyl (C=O) groups excluding carboxylic acids is 1. The van der Waals surface area contributed by atoms with Crippen LogP contribution in [0.3, 0.4) is 0 Å². The molecule has 0 radical (unpaired) electrons. The van der Waals surface area contributed by atoms with Gasteiger partial charge in [0.2, 0.25) is 5.88 Å². The lowest BCUT2D eigenvalue weighted by Crippen LogP contribution is -2.22. The molecular weight excluding hydrogens is 304 g/mol. The van der Waals surface area contributed by atoms with E-state index < -0.39 is 0 Å². The smallest absolute Gasteiger partial charge is 0.254 e. The molecule has 0 spiro atoms. The third-order valence-electron chi connectivity index (χ3n) is 3.56. The molecule has 1 N–H and O–H groups in total. The average Bonchev–Trinajstić information content (AvgIpc) is 3.02. The van der Waals surface area contributed by atoms with E-state index in [9.17, 15) is 4.79 Å². The van der Waals surface area contributed by atoms with Gasteiger partial charge in [-0.2, -0.15) is 5.10 Å². The van der Waals surface area contributed by atoms with Crippen molar-refractivity contribution in [2.75, 3.05) is 0 Å². The molecule has 0 saturated carbocycles. The highest BCUT2D eigenvalue weighted by molar-refractivity contribution is 5.93. The molecule has 0 aliphatic heterocycles. The summed E-state index contributed by atoms with van der Waals surface area (Å²) in [6.45, 7) is 2.30. The van der Waals surface area contributed by atoms with Crippen LogP contribution in [0.5, 0.6) is 11.6 Å². The van der Waals surface area contributed by atoms with Crippen molar-refractivity contribution in [1.82, 2.24) is 20.1 Å². The number of nitrogens with zero attached hydrogens (tertiary/aromatic N) is 3. The number of para-hydroxylation sites is 1. The number of aromatic nitrogens is 3. The maximum absolute atomic E-state index is 12.1. The zero-order valence-corrected chi connectivity index (χ0v) is 13.6. The fourth-order valence-corrected chi connectivity index (χ4v) is 2.24. The number of pyridine rings is 1. The molecule has 3 rings (SSSR count). The van der Waals surface area contributed by atoms with Gasteiger partial charge in [-0.3, -0.25) is 9.48 Å². The second-order valence-electron chi connectivity index (χ2n) is 5.42. The van der Waals surface area contributed by atoms with Crippen LogP contribution in [-0.2, 0) is 13.6 Å². The Balaban J connectivity index is 1.72. The monoisotopic (exact) mass is 322 g/mol. The Morgan fingerprint density at radius 3 is 2.83 bits per heavy atom. The van der Waals surface area contributed by atoms with Gasteiger partial charge in [-0.1, -0.05) is 24.3 Å². The summed E-state index contributed by atoms with van der Waals surface area (Å²) in [5, 5.41) is 6.85. The fraction of sp³-hybridized carbons (Fsp3) is 0.167. The molecule has 0 aliphatic carbocycles. The Morgan fingerprint density at radius 2 is 2.08 bits per heavy atom. The molecule has 0 unspecified atom stereocenters. The van der Waals surface area contributed by atoms with Gasteiger partial charge in [-0.15, -0.1) is 0 Å². The van der Waals surface area contributed by atoms with Crippen LogP contribution >= 0.6 is 0 Å². The molecule has 0 atom stereocenters. The number of amides is 1. The van der Waals surface area contributed by atoms with E-state index in [1.165, 1.54) is 6.20 Å². The molecule has 24 heavy (non-hydrogen) atoms. The summed E-state index contributed by atoms with van der Waals surface area (Å²) in [5.74, 6) is 1.04. The summed E-state index contributed by atoms with van der Waals surface area (Å²) in [5.41, 5.74) is 2.34. The van der Waals surface area contributed by atoms with Crippen molar-refractivity contribution in [1.29, 1.82) is 0 Å². The first-order chi connectivity index (χ1) is 11.6. The number of ether oxygens (including phenoxy) is 1. The predicted octanol–water partition coefficient (Wildman–Crippen LogP) is 2.85. The van der Waals surface area contributed by atoms with Crippen LogP contribution in [0.2, 0.25) is 0 Å². The summed E-state index contributed by atoms with van der Waals surface area (Å²) in [6.07, 6.45) is 4.87. The SMILES string of the molecule is Cc1ccccc1Oc1ncccc1CNC(=O)c1cnn(C)c1. The van der Waals surface area contributed by atoms with Gasteiger partial charge < -0.3 is 10.1 Å². The molecule has 0 fully saturated rings. The molecule has 122 valence electrons. The Bertz CT molecular complexity index is 857. The summed E-state index contributed by atoms with van der Waals surface area (Å²) in [7, 11) is 1.77. The number of hydrogen-bond donors (Lipinski definition) is 1. The first kappa shape index (κ1) is 15.7. The van der Waals surface area contributed by atoms with E-state index in [2.05, 4.69) is 15.4 Å². The second kappa shape index (κ2) is 6.95. The average molecular weight is 322 g/mol. The van der Waals surface area contributed by atoms with Crippen LogP contribution in [0.4, 0.5) is 0 Å². The van der Waals surface area contributed by atoms with Crippen molar-refractivity contribution >= 4 is 5.91 Å². The molecule has 2 aromatic heterocycles. The van der Waals surface area contributed by atoms with Gasteiger partial charge in [0.05, 0.1) is 11.8 Å². The lowest BCUT2D eigenvalue weighted by Gasteiger charge is -2.12. The molecule has 6 nitrogen and oxygen atoms in total. The summed E-state index contributed by atoms with van der Waals surface area (Å²) in [4.78, 5) is 16.4. The van der Waals surface area contributed by atoms with E-state index in [4.69, 9.17) is 4.74 Å². The molecule has 0 saturated heterocycles. The van der Waals surface area contributed by atoms with Crippen LogP contribution in [0.15, 0.2) is 55.0 Å². The Kier molecular flexibility index (Phi) is 4.56. The van der Waals surface area contributed by atoms with E-state index in [0.717, 1.165) is 16.9 Å². The van der Waals surface area contributed by atoms with E-state index in [0.29, 0.717) is 18.0 Å². The molecule has 1 amide bonds. The summed E-state index contributed by atoms with van der Waals surface area (Å²) in [6, 6.07) is 11.4. The minimum atomic E-state index is -0.186. The minimum absolute atomic E-state index is 0.186. The van der Waals surface area contributed by atoms with E-state index >= 15 is 0 Å². The van der Waals surface area contributed by atoms with E-state index in [-0.39, 0.29) is 5.91 Å². The first-order valence-corrected chi connectivity index (χ1v) is 7.57. The van der Waals surface area contributed by atoms with Gasteiger partial charge in [0.1, 0.15) is 5.75 Å². The van der Waals surface area contributed by atoms with Gasteiger partial charge in [0.25, 0.3) is 5.91 Å². The van der Waals surface area contributed by atoms with Gasteiger partial charge >= 0.3 is 0 Å². The predicted molar refractivity (Wildman–Crippen MR) is 89.9 cm³/mol. The lowest BCUT2D eigenvalue weighted by atomic mass is 10.2. The van der Waals surface area contributed by atoms with Gasteiger partial charge in [-0.05, 0) is 24.6 Å². The normalized spacial score (nSPS) is 10.4. The third-order valence-corrected chi connectivity index (χ3v) is 3.56. The molecular formula is C18H18N4O2. The fourth-order valence-electron chi connectivity index (χ4n) is 2.24. The number of rotatable bonds is 5. The summed E-state index contributed by atoms with van der Waals surface area (Å²) < 4.78 is 7.49. The lowest BCUT2D eigenvalue weighted by molar-refractivity contribution is 0.0950. The van der Waals surface area contributed by atoms with Crippen LogP contribution in [-0.4, -0.2) is 20.7 Å². The largest absolute Gasteiger partial charge is 0.438 e. The Hall–Kier alpha value is -3.15. The molecule has 1 aromatic carbocycles. The number of aryl methyl sites for hydroxylation is 2. The van der Waals surface area contributed by atoms with E-state index in [1.54, 1.807) is 24.1 Å². The number of nitrogens with one attached hydrogen (secondary N) is 1. The topological polar surface area (TPSA) is 69.0 Å². The summed E-state index contributed by atoms with van der Waals surface area (Å²) >= 11 is 0. The molecule has 3 aromatic rings. The minimum Gasteiger partial charge on any atom is -0.438 e.